The van der Waals surface area contributed by atoms with Gasteiger partial charge in [0.25, 0.3) is 5.91 Å². The molecule has 1 N–H and O–H groups in total. The molecule has 2 aromatic heterocycles. The number of nitrogens with zero attached hydrogens (tertiary/aromatic N) is 3. The molecule has 1 aromatic carbocycles. The van der Waals surface area contributed by atoms with E-state index >= 15 is 0 Å². The van der Waals surface area contributed by atoms with E-state index < -0.39 is 18.2 Å². The van der Waals surface area contributed by atoms with Gasteiger partial charge in [0.1, 0.15) is 5.82 Å². The molecule has 0 saturated carbocycles. The van der Waals surface area contributed by atoms with Gasteiger partial charge in [-0.2, -0.15) is 8.78 Å². The molecule has 30 heavy (non-hydrogen) atoms. The summed E-state index contributed by atoms with van der Waals surface area (Å²) in [6, 6.07) is 9.37. The van der Waals surface area contributed by atoms with Gasteiger partial charge in [0, 0.05) is 44.4 Å². The second kappa shape index (κ2) is 8.56. The van der Waals surface area contributed by atoms with Crippen LogP contribution >= 0.6 is 0 Å². The minimum absolute atomic E-state index is 0. The van der Waals surface area contributed by atoms with Gasteiger partial charge in [0.15, 0.2) is 11.6 Å². The molecule has 1 fully saturated rings. The molecule has 1 aliphatic rings. The van der Waals surface area contributed by atoms with Gasteiger partial charge in [-0.1, -0.05) is 6.07 Å². The van der Waals surface area contributed by atoms with E-state index in [1.165, 1.54) is 12.3 Å². The first kappa shape index (κ1) is 19.9. The van der Waals surface area contributed by atoms with E-state index in [-0.39, 0.29) is 24.5 Å². The Morgan fingerprint density at radius 1 is 1.20 bits per heavy atom. The zero-order valence-corrected chi connectivity index (χ0v) is 15.9. The molecule has 3 heterocycles. The van der Waals surface area contributed by atoms with Crippen molar-refractivity contribution in [3.63, 3.8) is 0 Å². The first-order valence-corrected chi connectivity index (χ1v) is 9.50. The minimum Gasteiger partial charge on any atom is -0.432 e. The van der Waals surface area contributed by atoms with Crippen LogP contribution in [0.2, 0.25) is 0 Å². The monoisotopic (exact) mass is 418 g/mol. The van der Waals surface area contributed by atoms with E-state index in [2.05, 4.69) is 24.9 Å². The number of carbonyl (C=O) groups excluding carboxylic acids is 1. The predicted octanol–water partition coefficient (Wildman–Crippen LogP) is 4.02. The predicted molar refractivity (Wildman–Crippen MR) is 107 cm³/mol. The molecule has 1 saturated heterocycles. The Hall–Kier alpha value is -3.36. The summed E-state index contributed by atoms with van der Waals surface area (Å²) in [4.78, 5) is 23.2. The first-order valence-electron chi connectivity index (χ1n) is 9.50. The smallest absolute Gasteiger partial charge is 0.387 e. The van der Waals surface area contributed by atoms with Crippen molar-refractivity contribution in [1.82, 2.24) is 15.3 Å². The number of alkyl halides is 2. The van der Waals surface area contributed by atoms with E-state index in [1.54, 1.807) is 6.20 Å². The Balaban J connectivity index is 0.00000272. The van der Waals surface area contributed by atoms with Crippen LogP contribution in [0.25, 0.3) is 10.9 Å². The molecule has 0 spiro atoms. The summed E-state index contributed by atoms with van der Waals surface area (Å²) >= 11 is 0. The van der Waals surface area contributed by atoms with Gasteiger partial charge >= 0.3 is 6.61 Å². The van der Waals surface area contributed by atoms with Crippen molar-refractivity contribution in [1.29, 1.82) is 0 Å². The maximum atomic E-state index is 14.0. The lowest BCUT2D eigenvalue weighted by Gasteiger charge is -2.33. The molecule has 1 amide bonds. The second-order valence-electron chi connectivity index (χ2n) is 7.00. The highest BCUT2D eigenvalue weighted by molar-refractivity contribution is 5.97. The average molecular weight is 418 g/mol. The number of hydrogen-bond donors (Lipinski definition) is 1. The van der Waals surface area contributed by atoms with E-state index in [0.29, 0.717) is 5.39 Å². The summed E-state index contributed by atoms with van der Waals surface area (Å²) in [5.74, 6) is -0.918. The SMILES string of the molecule is O=C(NC1CCN(c2ccccn2)CC1)c1cnc2cc(OC(F)F)c(F)cc2c1.[HH]. The molecule has 0 radical (unpaired) electrons. The lowest BCUT2D eigenvalue weighted by molar-refractivity contribution is -0.0520. The number of benzene rings is 1. The number of hydrogen-bond acceptors (Lipinski definition) is 5. The quantitative estimate of drug-likeness (QED) is 0.678. The average Bonchev–Trinajstić information content (AvgIpc) is 2.75. The molecule has 0 unspecified atom stereocenters. The molecule has 4 rings (SSSR count). The maximum Gasteiger partial charge on any atom is 0.387 e. The van der Waals surface area contributed by atoms with Gasteiger partial charge in [-0.3, -0.25) is 9.78 Å². The highest BCUT2D eigenvalue weighted by Crippen LogP contribution is 2.26. The third-order valence-electron chi connectivity index (χ3n) is 5.02. The number of amides is 1. The van der Waals surface area contributed by atoms with Crippen LogP contribution in [0.5, 0.6) is 5.75 Å². The number of aromatic nitrogens is 2. The summed E-state index contributed by atoms with van der Waals surface area (Å²) in [7, 11) is 0. The molecule has 0 aliphatic carbocycles. The highest BCUT2D eigenvalue weighted by Gasteiger charge is 2.22. The van der Waals surface area contributed by atoms with Crippen LogP contribution < -0.4 is 15.0 Å². The first-order chi connectivity index (χ1) is 14.5. The topological polar surface area (TPSA) is 67.4 Å². The lowest BCUT2D eigenvalue weighted by atomic mass is 10.0. The van der Waals surface area contributed by atoms with Crippen molar-refractivity contribution >= 4 is 22.6 Å². The summed E-state index contributed by atoms with van der Waals surface area (Å²) in [5.41, 5.74) is 0.531. The fourth-order valence-corrected chi connectivity index (χ4v) is 3.50. The molecule has 3 aromatic rings. The van der Waals surface area contributed by atoms with Gasteiger partial charge in [0.2, 0.25) is 0 Å². The Bertz CT molecular complexity index is 1050. The van der Waals surface area contributed by atoms with E-state index in [9.17, 15) is 18.0 Å². The minimum atomic E-state index is -3.13. The second-order valence-corrected chi connectivity index (χ2v) is 7.00. The summed E-state index contributed by atoms with van der Waals surface area (Å²) in [6.07, 6.45) is 4.63. The van der Waals surface area contributed by atoms with Crippen LogP contribution in [0.4, 0.5) is 19.0 Å². The molecule has 158 valence electrons. The van der Waals surface area contributed by atoms with Crippen LogP contribution in [0.1, 0.15) is 24.6 Å². The largest absolute Gasteiger partial charge is 0.432 e. The number of piperidine rings is 1. The zero-order chi connectivity index (χ0) is 21.1. The van der Waals surface area contributed by atoms with Gasteiger partial charge in [-0.05, 0) is 37.1 Å². The summed E-state index contributed by atoms with van der Waals surface area (Å²) in [6.45, 7) is -1.59. The highest BCUT2D eigenvalue weighted by atomic mass is 19.3. The summed E-state index contributed by atoms with van der Waals surface area (Å²) in [5, 5.41) is 3.31. The molecule has 9 heteroatoms. The standard InChI is InChI=1S/C21H19F3N4O2.H2/c22-16-10-13-9-14(12-26-17(13)11-18(16)30-21(23)24)20(29)27-15-4-7-28(8-5-15)19-3-1-2-6-25-19;/h1-3,6,9-12,15,21H,4-5,7-8H2,(H,27,29);1H. The van der Waals surface area contributed by atoms with Crippen molar-refractivity contribution in [2.45, 2.75) is 25.5 Å². The van der Waals surface area contributed by atoms with Crippen molar-refractivity contribution in [3.8, 4) is 5.75 Å². The molecule has 0 bridgehead atoms. The van der Waals surface area contributed by atoms with Gasteiger partial charge in [-0.25, -0.2) is 9.37 Å². The number of fused-ring (bicyclic) bond motifs is 1. The molecule has 0 atom stereocenters. The van der Waals surface area contributed by atoms with Crippen LogP contribution in [0.3, 0.4) is 0 Å². The van der Waals surface area contributed by atoms with Crippen molar-refractivity contribution in [3.05, 3.63) is 60.2 Å². The molecular formula is C21H21F3N4O2. The van der Waals surface area contributed by atoms with E-state index in [4.69, 9.17) is 0 Å². The Morgan fingerprint density at radius 2 is 2.00 bits per heavy atom. The lowest BCUT2D eigenvalue weighted by Crippen LogP contribution is -2.45. The van der Waals surface area contributed by atoms with Crippen molar-refractivity contribution < 1.29 is 24.1 Å². The fourth-order valence-electron chi connectivity index (χ4n) is 3.50. The Morgan fingerprint density at radius 3 is 2.70 bits per heavy atom. The number of ether oxygens (including phenoxy) is 1. The number of rotatable bonds is 5. The normalized spacial score (nSPS) is 14.9. The van der Waals surface area contributed by atoms with Gasteiger partial charge < -0.3 is 15.0 Å². The third-order valence-corrected chi connectivity index (χ3v) is 5.02. The molecular weight excluding hydrogens is 397 g/mol. The Kier molecular flexibility index (Phi) is 5.69. The number of anilines is 1. The zero-order valence-electron chi connectivity index (χ0n) is 15.9. The van der Waals surface area contributed by atoms with Gasteiger partial charge in [0.05, 0.1) is 11.1 Å². The van der Waals surface area contributed by atoms with Crippen LogP contribution in [-0.4, -0.2) is 41.6 Å². The third kappa shape index (κ3) is 4.45. The maximum absolute atomic E-state index is 14.0. The van der Waals surface area contributed by atoms with Crippen LogP contribution in [0.15, 0.2) is 48.8 Å². The van der Waals surface area contributed by atoms with E-state index in [0.717, 1.165) is 43.9 Å². The van der Waals surface area contributed by atoms with Crippen molar-refractivity contribution in [2.75, 3.05) is 18.0 Å². The van der Waals surface area contributed by atoms with E-state index in [1.807, 2.05) is 18.2 Å². The Labute approximate surface area is 172 Å². The fraction of sp³-hybridized carbons (Fsp3) is 0.286. The van der Waals surface area contributed by atoms with Gasteiger partial charge in [-0.15, -0.1) is 0 Å². The van der Waals surface area contributed by atoms with Crippen LogP contribution in [0, 0.1) is 5.82 Å². The van der Waals surface area contributed by atoms with Crippen molar-refractivity contribution in [2.24, 2.45) is 0 Å². The molecule has 1 aliphatic heterocycles. The summed E-state index contributed by atoms with van der Waals surface area (Å²) < 4.78 is 42.8. The van der Waals surface area contributed by atoms with Crippen LogP contribution in [-0.2, 0) is 0 Å². The number of nitrogens with one attached hydrogen (secondary N) is 1. The number of halogens is 3. The number of pyridine rings is 2. The number of carbonyl (C=O) groups is 1. The molecule has 6 nitrogen and oxygen atoms in total.